The van der Waals surface area contributed by atoms with Crippen molar-refractivity contribution >= 4 is 48.6 Å². The Labute approximate surface area is 175 Å². The van der Waals surface area contributed by atoms with Gasteiger partial charge in [-0.3, -0.25) is 0 Å². The second kappa shape index (κ2) is 8.55. The van der Waals surface area contributed by atoms with Gasteiger partial charge in [0.1, 0.15) is 6.10 Å². The summed E-state index contributed by atoms with van der Waals surface area (Å²) in [5, 5.41) is 12.9. The highest BCUT2D eigenvalue weighted by molar-refractivity contribution is 9.11. The Morgan fingerprint density at radius 2 is 1.52 bits per heavy atom. The molecule has 0 spiro atoms. The van der Waals surface area contributed by atoms with Crippen molar-refractivity contribution in [3.05, 3.63) is 80.2 Å². The lowest BCUT2D eigenvalue weighted by atomic mass is 9.98. The van der Waals surface area contributed by atoms with Crippen LogP contribution in [0.4, 0.5) is 0 Å². The second-order valence-corrected chi connectivity index (χ2v) is 8.56. The van der Waals surface area contributed by atoms with E-state index in [1.165, 1.54) is 0 Å². The van der Waals surface area contributed by atoms with Gasteiger partial charge in [0.2, 0.25) is 0 Å². The van der Waals surface area contributed by atoms with Crippen LogP contribution in [0, 0.1) is 5.92 Å². The topological polar surface area (TPSA) is 46.5 Å². The summed E-state index contributed by atoms with van der Waals surface area (Å²) in [6.45, 7) is 4.38. The number of benzene rings is 3. The molecule has 0 fully saturated rings. The number of ether oxygens (including phenoxy) is 1. The number of hydrogen-bond acceptors (Lipinski definition) is 3. The summed E-state index contributed by atoms with van der Waals surface area (Å²) in [4.78, 5) is 12.0. The Morgan fingerprint density at radius 1 is 0.926 bits per heavy atom. The zero-order chi connectivity index (χ0) is 19.6. The molecule has 0 heterocycles. The van der Waals surface area contributed by atoms with Crippen LogP contribution in [-0.4, -0.2) is 17.7 Å². The summed E-state index contributed by atoms with van der Waals surface area (Å²) >= 11 is 7.12. The van der Waals surface area contributed by atoms with E-state index in [9.17, 15) is 9.90 Å². The van der Waals surface area contributed by atoms with Crippen LogP contribution in [0.5, 0.6) is 0 Å². The average Bonchev–Trinajstić information content (AvgIpc) is 2.68. The van der Waals surface area contributed by atoms with Crippen molar-refractivity contribution in [2.24, 2.45) is 5.92 Å². The van der Waals surface area contributed by atoms with Gasteiger partial charge in [-0.05, 0) is 58.1 Å². The summed E-state index contributed by atoms with van der Waals surface area (Å²) in [6.07, 6.45) is -0.777. The first kappa shape index (κ1) is 20.1. The van der Waals surface area contributed by atoms with Gasteiger partial charge in [-0.2, -0.15) is 0 Å². The van der Waals surface area contributed by atoms with E-state index in [4.69, 9.17) is 4.74 Å². The van der Waals surface area contributed by atoms with Gasteiger partial charge in [0.05, 0.1) is 12.2 Å². The molecule has 3 aromatic rings. The SMILES string of the molecule is CC(C)COC(=O)c1ccc(C(O)c2ccc3c(Br)ccc(Br)c3c2)cc1. The van der Waals surface area contributed by atoms with E-state index < -0.39 is 6.10 Å². The van der Waals surface area contributed by atoms with Crippen molar-refractivity contribution in [1.29, 1.82) is 0 Å². The monoisotopic (exact) mass is 490 g/mol. The average molecular weight is 492 g/mol. The van der Waals surface area contributed by atoms with Gasteiger partial charge in [-0.15, -0.1) is 0 Å². The van der Waals surface area contributed by atoms with Crippen molar-refractivity contribution < 1.29 is 14.6 Å². The summed E-state index contributed by atoms with van der Waals surface area (Å²) in [5.41, 5.74) is 1.99. The fraction of sp³-hybridized carbons (Fsp3) is 0.227. The molecule has 5 heteroatoms. The number of esters is 1. The van der Waals surface area contributed by atoms with E-state index in [1.54, 1.807) is 24.3 Å². The van der Waals surface area contributed by atoms with Crippen molar-refractivity contribution in [2.75, 3.05) is 6.61 Å². The molecule has 0 saturated heterocycles. The molecule has 3 nitrogen and oxygen atoms in total. The molecule has 140 valence electrons. The maximum Gasteiger partial charge on any atom is 0.338 e. The first-order valence-electron chi connectivity index (χ1n) is 8.69. The van der Waals surface area contributed by atoms with E-state index in [1.807, 2.05) is 44.2 Å². The van der Waals surface area contributed by atoms with Gasteiger partial charge in [0.15, 0.2) is 0 Å². The maximum absolute atomic E-state index is 12.0. The first-order chi connectivity index (χ1) is 12.9. The molecule has 0 radical (unpaired) electrons. The van der Waals surface area contributed by atoms with Crippen molar-refractivity contribution in [3.63, 3.8) is 0 Å². The summed E-state index contributed by atoms with van der Waals surface area (Å²) in [6, 6.07) is 16.7. The van der Waals surface area contributed by atoms with Gasteiger partial charge >= 0.3 is 5.97 Å². The van der Waals surface area contributed by atoms with Crippen molar-refractivity contribution in [2.45, 2.75) is 20.0 Å². The van der Waals surface area contributed by atoms with Crippen LogP contribution in [0.1, 0.15) is 41.4 Å². The van der Waals surface area contributed by atoms with Gasteiger partial charge in [-0.25, -0.2) is 4.79 Å². The van der Waals surface area contributed by atoms with Crippen LogP contribution in [0.3, 0.4) is 0 Å². The molecule has 1 atom stereocenters. The largest absolute Gasteiger partial charge is 0.462 e. The Kier molecular flexibility index (Phi) is 6.35. The number of halogens is 2. The highest BCUT2D eigenvalue weighted by Gasteiger charge is 2.14. The van der Waals surface area contributed by atoms with E-state index in [2.05, 4.69) is 31.9 Å². The molecule has 0 aromatic heterocycles. The van der Waals surface area contributed by atoms with Gasteiger partial charge < -0.3 is 9.84 Å². The van der Waals surface area contributed by atoms with E-state index >= 15 is 0 Å². The lowest BCUT2D eigenvalue weighted by Crippen LogP contribution is -2.10. The van der Waals surface area contributed by atoms with Crippen LogP contribution >= 0.6 is 31.9 Å². The minimum absolute atomic E-state index is 0.294. The Balaban J connectivity index is 1.83. The minimum atomic E-state index is -0.777. The minimum Gasteiger partial charge on any atom is -0.462 e. The predicted octanol–water partition coefficient (Wildman–Crippen LogP) is 6.26. The van der Waals surface area contributed by atoms with E-state index in [-0.39, 0.29) is 5.97 Å². The van der Waals surface area contributed by atoms with Crippen LogP contribution in [0.2, 0.25) is 0 Å². The Morgan fingerprint density at radius 3 is 2.15 bits per heavy atom. The van der Waals surface area contributed by atoms with Crippen LogP contribution in [0.15, 0.2) is 63.5 Å². The molecule has 1 unspecified atom stereocenters. The van der Waals surface area contributed by atoms with Crippen LogP contribution < -0.4 is 0 Å². The van der Waals surface area contributed by atoms with Crippen LogP contribution in [0.25, 0.3) is 10.8 Å². The number of rotatable bonds is 5. The zero-order valence-electron chi connectivity index (χ0n) is 15.1. The molecule has 0 amide bonds. The van der Waals surface area contributed by atoms with E-state index in [0.29, 0.717) is 18.1 Å². The van der Waals surface area contributed by atoms with Crippen molar-refractivity contribution in [1.82, 2.24) is 0 Å². The quantitative estimate of drug-likeness (QED) is 0.428. The number of aliphatic hydroxyl groups is 1. The molecule has 0 aliphatic heterocycles. The van der Waals surface area contributed by atoms with Gasteiger partial charge in [0, 0.05) is 8.95 Å². The molecular weight excluding hydrogens is 472 g/mol. The third-order valence-corrected chi connectivity index (χ3v) is 5.64. The van der Waals surface area contributed by atoms with Gasteiger partial charge in [0.25, 0.3) is 0 Å². The molecule has 0 aliphatic carbocycles. The molecule has 3 aromatic carbocycles. The lowest BCUT2D eigenvalue weighted by molar-refractivity contribution is 0.0459. The van der Waals surface area contributed by atoms with E-state index in [0.717, 1.165) is 30.8 Å². The summed E-state index contributed by atoms with van der Waals surface area (Å²) in [7, 11) is 0. The molecule has 0 bridgehead atoms. The number of carbonyl (C=O) groups excluding carboxylic acids is 1. The predicted molar refractivity (Wildman–Crippen MR) is 115 cm³/mol. The number of fused-ring (bicyclic) bond motifs is 1. The van der Waals surface area contributed by atoms with Gasteiger partial charge in [-0.1, -0.05) is 70.0 Å². The molecular formula is C22H20Br2O3. The fourth-order valence-corrected chi connectivity index (χ4v) is 3.72. The third kappa shape index (κ3) is 4.60. The Bertz CT molecular complexity index is 965. The van der Waals surface area contributed by atoms with Crippen LogP contribution in [-0.2, 0) is 4.74 Å². The molecule has 0 aliphatic rings. The fourth-order valence-electron chi connectivity index (χ4n) is 2.78. The molecule has 3 rings (SSSR count). The number of carbonyl (C=O) groups is 1. The number of hydrogen-bond donors (Lipinski definition) is 1. The molecule has 27 heavy (non-hydrogen) atoms. The second-order valence-electron chi connectivity index (χ2n) is 6.85. The smallest absolute Gasteiger partial charge is 0.338 e. The summed E-state index contributed by atoms with van der Waals surface area (Å²) in [5.74, 6) is -0.0495. The first-order valence-corrected chi connectivity index (χ1v) is 10.3. The Hall–Kier alpha value is -1.69. The number of aliphatic hydroxyl groups excluding tert-OH is 1. The molecule has 0 saturated carbocycles. The highest BCUT2D eigenvalue weighted by Crippen LogP contribution is 2.33. The summed E-state index contributed by atoms with van der Waals surface area (Å²) < 4.78 is 7.21. The lowest BCUT2D eigenvalue weighted by Gasteiger charge is -2.14. The zero-order valence-corrected chi connectivity index (χ0v) is 18.2. The molecule has 1 N–H and O–H groups in total. The standard InChI is InChI=1S/C22H20Br2O3/c1-13(2)12-27-22(26)15-5-3-14(4-6-15)21(25)16-7-8-17-18(11-16)20(24)10-9-19(17)23/h3-11,13,21,25H,12H2,1-2H3. The highest BCUT2D eigenvalue weighted by atomic mass is 79.9. The normalized spacial score (nSPS) is 12.4. The maximum atomic E-state index is 12.0. The van der Waals surface area contributed by atoms with Crippen molar-refractivity contribution in [3.8, 4) is 0 Å². The third-order valence-electron chi connectivity index (χ3n) is 4.26.